The van der Waals surface area contributed by atoms with Gasteiger partial charge in [-0.25, -0.2) is 9.38 Å². The van der Waals surface area contributed by atoms with Gasteiger partial charge in [-0.15, -0.1) is 0 Å². The van der Waals surface area contributed by atoms with Crippen LogP contribution in [0.4, 0.5) is 10.1 Å². The van der Waals surface area contributed by atoms with Crippen LogP contribution in [-0.2, 0) is 15.0 Å². The van der Waals surface area contributed by atoms with E-state index in [1.165, 1.54) is 18.5 Å². The van der Waals surface area contributed by atoms with Crippen molar-refractivity contribution in [3.8, 4) is 6.07 Å². The van der Waals surface area contributed by atoms with Crippen molar-refractivity contribution in [2.24, 2.45) is 4.99 Å². The quantitative estimate of drug-likeness (QED) is 0.321. The molecule has 0 bridgehead atoms. The number of alkyl halides is 1. The van der Waals surface area contributed by atoms with E-state index in [0.717, 1.165) is 0 Å². The number of aliphatic imine (C=N–C) groups is 1. The Balaban J connectivity index is 1.38. The number of aliphatic carboxylic acids is 1. The number of carboxylic acid groups (broad SMARTS) is 1. The number of halogens is 2. The molecule has 1 aliphatic heterocycles. The van der Waals surface area contributed by atoms with Gasteiger partial charge in [0.15, 0.2) is 5.96 Å². The first-order valence-electron chi connectivity index (χ1n) is 11.8. The first kappa shape index (κ1) is 26.8. The van der Waals surface area contributed by atoms with Crippen molar-refractivity contribution >= 4 is 41.0 Å². The highest BCUT2D eigenvalue weighted by Gasteiger charge is 2.45. The maximum absolute atomic E-state index is 13.2. The molecule has 11 nitrogen and oxygen atoms in total. The van der Waals surface area contributed by atoms with Crippen LogP contribution in [0.5, 0.6) is 0 Å². The highest BCUT2D eigenvalue weighted by Crippen LogP contribution is 2.48. The van der Waals surface area contributed by atoms with Gasteiger partial charge >= 0.3 is 5.97 Å². The van der Waals surface area contributed by atoms with E-state index in [4.69, 9.17) is 11.6 Å². The van der Waals surface area contributed by atoms with E-state index in [9.17, 15) is 29.1 Å². The van der Waals surface area contributed by atoms with E-state index < -0.39 is 48.4 Å². The van der Waals surface area contributed by atoms with Crippen molar-refractivity contribution in [2.45, 2.75) is 36.9 Å². The number of carboxylic acids is 1. The predicted octanol–water partition coefficient (Wildman–Crippen LogP) is 2.06. The van der Waals surface area contributed by atoms with Crippen LogP contribution in [0.3, 0.4) is 0 Å². The van der Waals surface area contributed by atoms with Crippen LogP contribution in [0, 0.1) is 11.3 Å². The molecule has 0 spiro atoms. The van der Waals surface area contributed by atoms with E-state index in [-0.39, 0.29) is 18.7 Å². The summed E-state index contributed by atoms with van der Waals surface area (Å²) in [4.78, 5) is 44.8. The van der Waals surface area contributed by atoms with Crippen LogP contribution in [0.15, 0.2) is 41.7 Å². The Labute approximate surface area is 222 Å². The molecule has 1 aromatic heterocycles. The minimum absolute atomic E-state index is 0.0244. The lowest BCUT2D eigenvalue weighted by atomic mass is 9.93. The Kier molecular flexibility index (Phi) is 8.07. The maximum Gasteiger partial charge on any atom is 0.305 e. The molecule has 1 fully saturated rings. The zero-order chi connectivity index (χ0) is 27.3. The van der Waals surface area contributed by atoms with Crippen LogP contribution < -0.4 is 21.3 Å². The monoisotopic (exact) mass is 541 g/mol. The second-order valence-electron chi connectivity index (χ2n) is 9.12. The van der Waals surface area contributed by atoms with Gasteiger partial charge in [-0.3, -0.25) is 19.4 Å². The Morgan fingerprint density at radius 1 is 1.26 bits per heavy atom. The average molecular weight is 542 g/mol. The first-order valence-corrected chi connectivity index (χ1v) is 12.2. The number of amides is 2. The van der Waals surface area contributed by atoms with E-state index in [1.807, 2.05) is 0 Å². The molecule has 1 aliphatic carbocycles. The predicted molar refractivity (Wildman–Crippen MR) is 137 cm³/mol. The Morgan fingerprint density at radius 2 is 2.05 bits per heavy atom. The van der Waals surface area contributed by atoms with Gasteiger partial charge < -0.3 is 26.4 Å². The number of anilines is 1. The van der Waals surface area contributed by atoms with Crippen LogP contribution in [0.25, 0.3) is 0 Å². The van der Waals surface area contributed by atoms with Gasteiger partial charge in [-0.1, -0.05) is 17.7 Å². The zero-order valence-corrected chi connectivity index (χ0v) is 20.9. The van der Waals surface area contributed by atoms with Crippen molar-refractivity contribution < 1.29 is 23.9 Å². The number of carbonyl (C=O) groups is 3. The number of nitrogens with one attached hydrogen (secondary N) is 4. The molecule has 1 saturated carbocycles. The SMILES string of the molecule is N#CC1(c2cc(Cl)cc([C@H](CC(=O)O)NC(=O)CNC(=O)c3cncc(NC4=NCC(F)CN4)c3)c2)CC1. The lowest BCUT2D eigenvalue weighted by Crippen LogP contribution is -2.41. The number of pyridine rings is 1. The van der Waals surface area contributed by atoms with Crippen LogP contribution in [0.1, 0.15) is 46.8 Å². The number of rotatable bonds is 9. The molecule has 5 N–H and O–H groups in total. The first-order chi connectivity index (χ1) is 18.2. The highest BCUT2D eigenvalue weighted by atomic mass is 35.5. The maximum atomic E-state index is 13.2. The second-order valence-corrected chi connectivity index (χ2v) is 9.56. The summed E-state index contributed by atoms with van der Waals surface area (Å²) in [5, 5.41) is 30.0. The van der Waals surface area contributed by atoms with Crippen LogP contribution in [-0.4, -0.2) is 59.6 Å². The number of nitriles is 1. The molecular formula is C25H25ClFN7O4. The standard InChI is InChI=1S/C25H25ClFN7O4/c26-17-4-14(3-16(6-17)25(13-28)1-2-25)20(7-22(36)37)34-21(35)12-30-23(38)15-5-19(11-29-8-15)33-24-31-9-18(27)10-32-24/h3-6,8,11,18,20H,1-2,7,9-10,12H2,(H,30,38)(H,34,35)(H,36,37)(H2,31,32,33)/t20-/m0/s1. The summed E-state index contributed by atoms with van der Waals surface area (Å²) < 4.78 is 13.2. The summed E-state index contributed by atoms with van der Waals surface area (Å²) in [5.41, 5.74) is 1.10. The fraction of sp³-hybridized carbons (Fsp3) is 0.360. The van der Waals surface area contributed by atoms with E-state index in [0.29, 0.717) is 40.6 Å². The third-order valence-corrected chi connectivity index (χ3v) is 6.38. The average Bonchev–Trinajstić information content (AvgIpc) is 3.69. The van der Waals surface area contributed by atoms with Gasteiger partial charge in [0.2, 0.25) is 5.91 Å². The van der Waals surface area contributed by atoms with Gasteiger partial charge in [0, 0.05) is 11.2 Å². The number of aromatic nitrogens is 1. The minimum Gasteiger partial charge on any atom is -0.481 e. The van der Waals surface area contributed by atoms with Gasteiger partial charge in [-0.2, -0.15) is 5.26 Å². The largest absolute Gasteiger partial charge is 0.481 e. The number of hydrogen-bond donors (Lipinski definition) is 5. The summed E-state index contributed by atoms with van der Waals surface area (Å²) >= 11 is 6.24. The van der Waals surface area contributed by atoms with E-state index >= 15 is 0 Å². The Hall–Kier alpha value is -4.24. The third kappa shape index (κ3) is 6.74. The van der Waals surface area contributed by atoms with Crippen molar-refractivity contribution in [1.29, 1.82) is 5.26 Å². The normalized spacial score (nSPS) is 18.1. The molecule has 2 aromatic rings. The molecule has 38 heavy (non-hydrogen) atoms. The molecule has 4 rings (SSSR count). The summed E-state index contributed by atoms with van der Waals surface area (Å²) in [5.74, 6) is -1.98. The fourth-order valence-electron chi connectivity index (χ4n) is 3.99. The topological polar surface area (TPSA) is 169 Å². The molecule has 0 radical (unpaired) electrons. The van der Waals surface area contributed by atoms with Gasteiger partial charge in [0.1, 0.15) is 6.17 Å². The molecule has 2 heterocycles. The third-order valence-electron chi connectivity index (χ3n) is 6.16. The Morgan fingerprint density at radius 3 is 2.71 bits per heavy atom. The molecule has 1 unspecified atom stereocenters. The second kappa shape index (κ2) is 11.4. The number of guanidine groups is 1. The molecule has 13 heteroatoms. The molecule has 2 aliphatic rings. The summed E-state index contributed by atoms with van der Waals surface area (Å²) in [7, 11) is 0. The summed E-state index contributed by atoms with van der Waals surface area (Å²) in [6.07, 6.45) is 2.65. The zero-order valence-electron chi connectivity index (χ0n) is 20.1. The number of benzene rings is 1. The molecule has 0 saturated heterocycles. The molecule has 2 atom stereocenters. The number of hydrogen-bond acceptors (Lipinski definition) is 8. The lowest BCUT2D eigenvalue weighted by Gasteiger charge is -2.20. The molecule has 198 valence electrons. The number of carbonyl (C=O) groups excluding carboxylic acids is 2. The van der Waals surface area contributed by atoms with Gasteiger partial charge in [0.05, 0.1) is 61.0 Å². The number of nitrogens with zero attached hydrogens (tertiary/aromatic N) is 3. The summed E-state index contributed by atoms with van der Waals surface area (Å²) in [6.45, 7) is -0.280. The molecular weight excluding hydrogens is 517 g/mol. The van der Waals surface area contributed by atoms with E-state index in [1.54, 1.807) is 18.2 Å². The van der Waals surface area contributed by atoms with E-state index in [2.05, 4.69) is 37.3 Å². The fourth-order valence-corrected chi connectivity index (χ4v) is 4.23. The van der Waals surface area contributed by atoms with Crippen LogP contribution in [0.2, 0.25) is 5.02 Å². The molecule has 2 amide bonds. The van der Waals surface area contributed by atoms with Crippen molar-refractivity contribution in [1.82, 2.24) is 20.9 Å². The lowest BCUT2D eigenvalue weighted by molar-refractivity contribution is -0.137. The smallest absolute Gasteiger partial charge is 0.305 e. The highest BCUT2D eigenvalue weighted by molar-refractivity contribution is 6.30. The van der Waals surface area contributed by atoms with Crippen molar-refractivity contribution in [2.75, 3.05) is 25.0 Å². The minimum atomic E-state index is -1.14. The Bertz CT molecular complexity index is 1330. The van der Waals surface area contributed by atoms with Gasteiger partial charge in [-0.05, 0) is 42.2 Å². The van der Waals surface area contributed by atoms with Gasteiger partial charge in [0.25, 0.3) is 5.91 Å². The molecule has 1 aromatic carbocycles. The summed E-state index contributed by atoms with van der Waals surface area (Å²) in [6, 6.07) is 7.76. The van der Waals surface area contributed by atoms with Crippen molar-refractivity contribution in [3.05, 3.63) is 58.4 Å². The van der Waals surface area contributed by atoms with Crippen LogP contribution >= 0.6 is 11.6 Å². The van der Waals surface area contributed by atoms with Crippen molar-refractivity contribution in [3.63, 3.8) is 0 Å².